The van der Waals surface area contributed by atoms with Crippen LogP contribution in [-0.2, 0) is 12.1 Å². The molecule has 1 aromatic rings. The summed E-state index contributed by atoms with van der Waals surface area (Å²) >= 11 is 0. The van der Waals surface area contributed by atoms with Crippen LogP contribution in [0, 0.1) is 5.92 Å². The number of aromatic nitrogens is 2. The summed E-state index contributed by atoms with van der Waals surface area (Å²) in [7, 11) is 0. The van der Waals surface area contributed by atoms with Crippen molar-refractivity contribution >= 4 is 0 Å². The minimum atomic E-state index is 0.0338. The molecule has 0 aromatic carbocycles. The molecular formula is C17H31N3O. The highest BCUT2D eigenvalue weighted by atomic mass is 16.3. The molecule has 120 valence electrons. The highest BCUT2D eigenvalue weighted by Crippen LogP contribution is 2.28. The van der Waals surface area contributed by atoms with Gasteiger partial charge in [0.15, 0.2) is 0 Å². The molecule has 1 atom stereocenters. The lowest BCUT2D eigenvalue weighted by Crippen LogP contribution is -2.37. The van der Waals surface area contributed by atoms with E-state index >= 15 is 0 Å². The molecule has 1 heterocycles. The first-order valence-corrected chi connectivity index (χ1v) is 8.39. The van der Waals surface area contributed by atoms with Crippen molar-refractivity contribution in [2.75, 3.05) is 6.61 Å². The minimum Gasteiger partial charge on any atom is -0.396 e. The maximum absolute atomic E-state index is 9.32. The molecule has 2 rings (SSSR count). The average Bonchev–Trinajstić information content (AvgIpc) is 2.93. The predicted octanol–water partition coefficient (Wildman–Crippen LogP) is 3.06. The van der Waals surface area contributed by atoms with Gasteiger partial charge >= 0.3 is 0 Å². The summed E-state index contributed by atoms with van der Waals surface area (Å²) in [5.74, 6) is 0.726. The average molecular weight is 293 g/mol. The van der Waals surface area contributed by atoms with Gasteiger partial charge in [-0.2, -0.15) is 5.10 Å². The Morgan fingerprint density at radius 3 is 2.62 bits per heavy atom. The highest BCUT2D eigenvalue weighted by molar-refractivity contribution is 5.05. The third-order valence-electron chi connectivity index (χ3n) is 4.55. The van der Waals surface area contributed by atoms with Crippen LogP contribution in [0.25, 0.3) is 0 Å². The van der Waals surface area contributed by atoms with Gasteiger partial charge < -0.3 is 10.4 Å². The van der Waals surface area contributed by atoms with Gasteiger partial charge in [0, 0.05) is 31.0 Å². The number of rotatable bonds is 6. The molecule has 0 aliphatic heterocycles. The summed E-state index contributed by atoms with van der Waals surface area (Å²) in [5, 5.41) is 17.4. The van der Waals surface area contributed by atoms with Crippen LogP contribution in [0.5, 0.6) is 0 Å². The first kappa shape index (κ1) is 16.5. The van der Waals surface area contributed by atoms with Crippen LogP contribution >= 0.6 is 0 Å². The topological polar surface area (TPSA) is 50.1 Å². The van der Waals surface area contributed by atoms with E-state index in [9.17, 15) is 5.11 Å². The van der Waals surface area contributed by atoms with Crippen LogP contribution < -0.4 is 5.32 Å². The Bertz CT molecular complexity index is 416. The number of hydrogen-bond acceptors (Lipinski definition) is 3. The molecule has 1 unspecified atom stereocenters. The van der Waals surface area contributed by atoms with E-state index in [0.29, 0.717) is 6.04 Å². The van der Waals surface area contributed by atoms with E-state index in [2.05, 4.69) is 37.4 Å². The fourth-order valence-electron chi connectivity index (χ4n) is 3.25. The van der Waals surface area contributed by atoms with Crippen LogP contribution in [0.15, 0.2) is 12.4 Å². The largest absolute Gasteiger partial charge is 0.396 e. The van der Waals surface area contributed by atoms with Crippen LogP contribution in [0.2, 0.25) is 0 Å². The predicted molar refractivity (Wildman–Crippen MR) is 86.1 cm³/mol. The van der Waals surface area contributed by atoms with Crippen molar-refractivity contribution in [2.45, 2.75) is 77.4 Å². The quantitative estimate of drug-likeness (QED) is 0.847. The molecule has 1 aliphatic carbocycles. The van der Waals surface area contributed by atoms with E-state index in [0.717, 1.165) is 18.9 Å². The molecule has 0 bridgehead atoms. The molecule has 21 heavy (non-hydrogen) atoms. The van der Waals surface area contributed by atoms with Gasteiger partial charge in [0.2, 0.25) is 0 Å². The van der Waals surface area contributed by atoms with Crippen molar-refractivity contribution < 1.29 is 5.11 Å². The Morgan fingerprint density at radius 1 is 1.33 bits per heavy atom. The first-order chi connectivity index (χ1) is 10.0. The van der Waals surface area contributed by atoms with Crippen molar-refractivity contribution in [3.8, 4) is 0 Å². The van der Waals surface area contributed by atoms with Gasteiger partial charge in [-0.3, -0.25) is 4.68 Å². The monoisotopic (exact) mass is 293 g/mol. The molecule has 0 radical (unpaired) electrons. The van der Waals surface area contributed by atoms with Crippen molar-refractivity contribution in [3.05, 3.63) is 18.0 Å². The SMILES string of the molecule is CC(C)(C)n1cc(CNC(CCO)C2CCCCC2)cn1. The zero-order valence-electron chi connectivity index (χ0n) is 13.8. The Kier molecular flexibility index (Phi) is 5.82. The van der Waals surface area contributed by atoms with E-state index in [4.69, 9.17) is 0 Å². The zero-order valence-corrected chi connectivity index (χ0v) is 13.8. The van der Waals surface area contributed by atoms with E-state index in [1.54, 1.807) is 0 Å². The van der Waals surface area contributed by atoms with Gasteiger partial charge in [-0.05, 0) is 46.0 Å². The second-order valence-electron chi connectivity index (χ2n) is 7.36. The molecule has 1 aliphatic rings. The van der Waals surface area contributed by atoms with Crippen LogP contribution in [0.4, 0.5) is 0 Å². The normalized spacial score (nSPS) is 18.9. The van der Waals surface area contributed by atoms with Crippen molar-refractivity contribution in [1.82, 2.24) is 15.1 Å². The van der Waals surface area contributed by atoms with Gasteiger partial charge in [0.05, 0.1) is 11.7 Å². The molecule has 2 N–H and O–H groups in total. The molecule has 0 spiro atoms. The number of nitrogens with zero attached hydrogens (tertiary/aromatic N) is 2. The van der Waals surface area contributed by atoms with Crippen LogP contribution in [0.3, 0.4) is 0 Å². The fraction of sp³-hybridized carbons (Fsp3) is 0.824. The summed E-state index contributed by atoms with van der Waals surface area (Å²) in [6.45, 7) is 7.60. The lowest BCUT2D eigenvalue weighted by molar-refractivity contribution is 0.205. The Hall–Kier alpha value is -0.870. The third kappa shape index (κ3) is 4.82. The minimum absolute atomic E-state index is 0.0338. The summed E-state index contributed by atoms with van der Waals surface area (Å²) in [4.78, 5) is 0. The van der Waals surface area contributed by atoms with E-state index in [1.807, 2.05) is 10.9 Å². The number of nitrogens with one attached hydrogen (secondary N) is 1. The van der Waals surface area contributed by atoms with Gasteiger partial charge in [-0.15, -0.1) is 0 Å². The maximum Gasteiger partial charge on any atom is 0.0543 e. The number of hydrogen-bond donors (Lipinski definition) is 2. The molecule has 0 amide bonds. The Morgan fingerprint density at radius 2 is 2.05 bits per heavy atom. The zero-order chi connectivity index (χ0) is 15.3. The van der Waals surface area contributed by atoms with Gasteiger partial charge in [0.25, 0.3) is 0 Å². The molecule has 1 fully saturated rings. The van der Waals surface area contributed by atoms with E-state index in [-0.39, 0.29) is 12.1 Å². The summed E-state index contributed by atoms with van der Waals surface area (Å²) < 4.78 is 2.02. The lowest BCUT2D eigenvalue weighted by atomic mass is 9.82. The molecule has 1 saturated carbocycles. The number of aliphatic hydroxyl groups excluding tert-OH is 1. The van der Waals surface area contributed by atoms with E-state index in [1.165, 1.54) is 37.7 Å². The number of aliphatic hydroxyl groups is 1. The van der Waals surface area contributed by atoms with Crippen molar-refractivity contribution in [3.63, 3.8) is 0 Å². The van der Waals surface area contributed by atoms with E-state index < -0.39 is 0 Å². The summed E-state index contributed by atoms with van der Waals surface area (Å²) in [6.07, 6.45) is 11.6. The van der Waals surface area contributed by atoms with Gasteiger partial charge in [0.1, 0.15) is 0 Å². The maximum atomic E-state index is 9.32. The van der Waals surface area contributed by atoms with Gasteiger partial charge in [-0.1, -0.05) is 19.3 Å². The van der Waals surface area contributed by atoms with Crippen molar-refractivity contribution in [2.24, 2.45) is 5.92 Å². The Balaban J connectivity index is 1.90. The fourth-order valence-corrected chi connectivity index (χ4v) is 3.25. The Labute approximate surface area is 128 Å². The molecule has 0 saturated heterocycles. The smallest absolute Gasteiger partial charge is 0.0543 e. The van der Waals surface area contributed by atoms with Crippen LogP contribution in [-0.4, -0.2) is 27.5 Å². The third-order valence-corrected chi connectivity index (χ3v) is 4.55. The lowest BCUT2D eigenvalue weighted by Gasteiger charge is -2.30. The highest BCUT2D eigenvalue weighted by Gasteiger charge is 2.23. The first-order valence-electron chi connectivity index (χ1n) is 8.39. The summed E-state index contributed by atoms with van der Waals surface area (Å²) in [6, 6.07) is 0.438. The molecule has 1 aromatic heterocycles. The second kappa shape index (κ2) is 7.41. The molecule has 4 nitrogen and oxygen atoms in total. The summed E-state index contributed by atoms with van der Waals surface area (Å²) in [5.41, 5.74) is 1.26. The molecule has 4 heteroatoms. The van der Waals surface area contributed by atoms with Crippen LogP contribution in [0.1, 0.15) is 64.9 Å². The van der Waals surface area contributed by atoms with Gasteiger partial charge in [-0.25, -0.2) is 0 Å². The van der Waals surface area contributed by atoms with Crippen molar-refractivity contribution in [1.29, 1.82) is 0 Å². The standard InChI is InChI=1S/C17H31N3O/c1-17(2,3)20-13-14(12-19-20)11-18-16(9-10-21)15-7-5-4-6-8-15/h12-13,15-16,18,21H,4-11H2,1-3H3. The second-order valence-corrected chi connectivity index (χ2v) is 7.36. The molecular weight excluding hydrogens is 262 g/mol.